The summed E-state index contributed by atoms with van der Waals surface area (Å²) >= 11 is 0. The van der Waals surface area contributed by atoms with Crippen molar-refractivity contribution in [2.45, 2.75) is 33.2 Å². The van der Waals surface area contributed by atoms with Crippen molar-refractivity contribution in [2.24, 2.45) is 0 Å². The average molecular weight is 285 g/mol. The number of hydrogen-bond donors (Lipinski definition) is 1. The van der Waals surface area contributed by atoms with Gasteiger partial charge in [-0.05, 0) is 44.4 Å². The molecule has 110 valence electrons. The van der Waals surface area contributed by atoms with Crippen molar-refractivity contribution in [3.05, 3.63) is 52.5 Å². The van der Waals surface area contributed by atoms with E-state index in [2.05, 4.69) is 30.0 Å². The van der Waals surface area contributed by atoms with Crippen LogP contribution in [0.25, 0.3) is 0 Å². The maximum Gasteiger partial charge on any atom is 0.371 e. The van der Waals surface area contributed by atoms with Crippen molar-refractivity contribution >= 4 is 11.7 Å². The van der Waals surface area contributed by atoms with Crippen molar-refractivity contribution in [3.63, 3.8) is 0 Å². The molecule has 3 rings (SSSR count). The molecule has 0 unspecified atom stereocenters. The maximum absolute atomic E-state index is 11.0. The van der Waals surface area contributed by atoms with Gasteiger partial charge in [0.2, 0.25) is 5.76 Å². The summed E-state index contributed by atoms with van der Waals surface area (Å²) in [5, 5.41) is 9.01. The second-order valence-corrected chi connectivity index (χ2v) is 5.65. The summed E-state index contributed by atoms with van der Waals surface area (Å²) < 4.78 is 5.30. The maximum atomic E-state index is 11.0. The summed E-state index contributed by atoms with van der Waals surface area (Å²) in [6.45, 7) is 5.61. The van der Waals surface area contributed by atoms with E-state index in [1.54, 1.807) is 6.07 Å². The summed E-state index contributed by atoms with van der Waals surface area (Å²) in [4.78, 5) is 13.3. The lowest BCUT2D eigenvalue weighted by Gasteiger charge is -2.31. The molecule has 0 saturated carbocycles. The third-order valence-electron chi connectivity index (χ3n) is 4.04. The van der Waals surface area contributed by atoms with E-state index in [-0.39, 0.29) is 5.76 Å². The van der Waals surface area contributed by atoms with Gasteiger partial charge in [-0.25, -0.2) is 4.79 Å². The second kappa shape index (κ2) is 5.28. The van der Waals surface area contributed by atoms with Gasteiger partial charge in [-0.1, -0.05) is 17.7 Å². The molecule has 0 radical (unpaired) electrons. The van der Waals surface area contributed by atoms with E-state index < -0.39 is 5.97 Å². The molecule has 21 heavy (non-hydrogen) atoms. The van der Waals surface area contributed by atoms with Crippen molar-refractivity contribution in [2.75, 3.05) is 11.4 Å². The third kappa shape index (κ3) is 2.66. The number of aromatic carboxylic acids is 1. The standard InChI is InChI=1S/C17H19NO3/c1-11-5-6-15-13(8-11)4-3-7-18(15)10-14-9-16(17(19)20)21-12(14)2/h5-6,8-9H,3-4,7,10H2,1-2H3,(H,19,20). The van der Waals surface area contributed by atoms with E-state index in [1.165, 1.54) is 16.8 Å². The summed E-state index contributed by atoms with van der Waals surface area (Å²) in [7, 11) is 0. The molecular weight excluding hydrogens is 266 g/mol. The molecule has 4 nitrogen and oxygen atoms in total. The van der Waals surface area contributed by atoms with E-state index >= 15 is 0 Å². The quantitative estimate of drug-likeness (QED) is 0.937. The molecule has 0 fully saturated rings. The fourth-order valence-electron chi connectivity index (χ4n) is 2.96. The van der Waals surface area contributed by atoms with Crippen LogP contribution < -0.4 is 4.90 Å². The highest BCUT2D eigenvalue weighted by molar-refractivity contribution is 5.84. The Morgan fingerprint density at radius 2 is 2.14 bits per heavy atom. The van der Waals surface area contributed by atoms with Crippen LogP contribution in [0.1, 0.15) is 39.4 Å². The van der Waals surface area contributed by atoms with E-state index in [0.29, 0.717) is 12.3 Å². The number of carboxylic acid groups (broad SMARTS) is 1. The number of furan rings is 1. The van der Waals surface area contributed by atoms with Gasteiger partial charge in [0.1, 0.15) is 5.76 Å². The molecule has 0 amide bonds. The summed E-state index contributed by atoms with van der Waals surface area (Å²) in [6, 6.07) is 8.17. The van der Waals surface area contributed by atoms with Crippen LogP contribution in [0.3, 0.4) is 0 Å². The third-order valence-corrected chi connectivity index (χ3v) is 4.04. The molecule has 1 aromatic carbocycles. The average Bonchev–Trinajstić information content (AvgIpc) is 2.80. The van der Waals surface area contributed by atoms with E-state index in [4.69, 9.17) is 9.52 Å². The van der Waals surface area contributed by atoms with Gasteiger partial charge in [0.05, 0.1) is 0 Å². The monoisotopic (exact) mass is 285 g/mol. The van der Waals surface area contributed by atoms with Crippen molar-refractivity contribution in [3.8, 4) is 0 Å². The number of benzene rings is 1. The van der Waals surface area contributed by atoms with Crippen molar-refractivity contribution < 1.29 is 14.3 Å². The van der Waals surface area contributed by atoms with Gasteiger partial charge < -0.3 is 14.4 Å². The Morgan fingerprint density at radius 3 is 2.86 bits per heavy atom. The van der Waals surface area contributed by atoms with Crippen LogP contribution in [-0.4, -0.2) is 17.6 Å². The van der Waals surface area contributed by atoms with Crippen LogP contribution in [0.2, 0.25) is 0 Å². The van der Waals surface area contributed by atoms with Gasteiger partial charge in [0, 0.05) is 24.3 Å². The number of aryl methyl sites for hydroxylation is 3. The number of hydrogen-bond acceptors (Lipinski definition) is 3. The number of nitrogens with zero attached hydrogens (tertiary/aromatic N) is 1. The predicted octanol–water partition coefficient (Wildman–Crippen LogP) is 3.55. The fraction of sp³-hybridized carbons (Fsp3) is 0.353. The van der Waals surface area contributed by atoms with Crippen LogP contribution in [0, 0.1) is 13.8 Å². The van der Waals surface area contributed by atoms with Gasteiger partial charge >= 0.3 is 5.97 Å². The molecule has 2 heterocycles. The molecule has 0 atom stereocenters. The molecule has 1 aliphatic rings. The Hall–Kier alpha value is -2.23. The zero-order chi connectivity index (χ0) is 15.0. The predicted molar refractivity (Wildman–Crippen MR) is 81.0 cm³/mol. The van der Waals surface area contributed by atoms with Crippen LogP contribution in [0.5, 0.6) is 0 Å². The van der Waals surface area contributed by atoms with Gasteiger partial charge in [-0.3, -0.25) is 0 Å². The lowest BCUT2D eigenvalue weighted by atomic mass is 9.99. The summed E-state index contributed by atoms with van der Waals surface area (Å²) in [6.07, 6.45) is 2.23. The highest BCUT2D eigenvalue weighted by Crippen LogP contribution is 2.30. The second-order valence-electron chi connectivity index (χ2n) is 5.65. The molecule has 1 aliphatic heterocycles. The molecule has 0 saturated heterocycles. The summed E-state index contributed by atoms with van der Waals surface area (Å²) in [5.74, 6) is -0.311. The molecular formula is C17H19NO3. The van der Waals surface area contributed by atoms with Crippen LogP contribution in [0.15, 0.2) is 28.7 Å². The molecule has 1 N–H and O–H groups in total. The first kappa shape index (κ1) is 13.7. The number of carboxylic acids is 1. The van der Waals surface area contributed by atoms with Gasteiger partial charge in [0.25, 0.3) is 0 Å². The Morgan fingerprint density at radius 1 is 1.33 bits per heavy atom. The van der Waals surface area contributed by atoms with Gasteiger partial charge in [-0.2, -0.15) is 0 Å². The molecule has 1 aromatic heterocycles. The lowest BCUT2D eigenvalue weighted by Crippen LogP contribution is -2.28. The zero-order valence-electron chi connectivity index (χ0n) is 12.3. The fourth-order valence-corrected chi connectivity index (χ4v) is 2.96. The first-order chi connectivity index (χ1) is 10.0. The Bertz CT molecular complexity index is 687. The molecule has 2 aromatic rings. The van der Waals surface area contributed by atoms with Crippen LogP contribution >= 0.6 is 0 Å². The first-order valence-corrected chi connectivity index (χ1v) is 7.21. The lowest BCUT2D eigenvalue weighted by molar-refractivity contribution is 0.0661. The molecule has 0 spiro atoms. The smallest absolute Gasteiger partial charge is 0.371 e. The summed E-state index contributed by atoms with van der Waals surface area (Å²) in [5.41, 5.74) is 4.86. The highest BCUT2D eigenvalue weighted by atomic mass is 16.4. The first-order valence-electron chi connectivity index (χ1n) is 7.21. The van der Waals surface area contributed by atoms with Crippen molar-refractivity contribution in [1.82, 2.24) is 0 Å². The van der Waals surface area contributed by atoms with Crippen LogP contribution in [-0.2, 0) is 13.0 Å². The number of carbonyl (C=O) groups is 1. The topological polar surface area (TPSA) is 53.7 Å². The Labute approximate surface area is 124 Å². The van der Waals surface area contributed by atoms with E-state index in [9.17, 15) is 4.79 Å². The van der Waals surface area contributed by atoms with Gasteiger partial charge in [0.15, 0.2) is 0 Å². The van der Waals surface area contributed by atoms with Crippen LogP contribution in [0.4, 0.5) is 5.69 Å². The number of anilines is 1. The molecule has 0 aliphatic carbocycles. The van der Waals surface area contributed by atoms with E-state index in [1.807, 2.05) is 6.92 Å². The Balaban J connectivity index is 1.88. The van der Waals surface area contributed by atoms with Gasteiger partial charge in [-0.15, -0.1) is 0 Å². The number of rotatable bonds is 3. The zero-order valence-corrected chi connectivity index (χ0v) is 12.3. The number of fused-ring (bicyclic) bond motifs is 1. The largest absolute Gasteiger partial charge is 0.475 e. The van der Waals surface area contributed by atoms with Crippen molar-refractivity contribution in [1.29, 1.82) is 0 Å². The normalized spacial score (nSPS) is 14.1. The SMILES string of the molecule is Cc1ccc2c(c1)CCCN2Cc1cc(C(=O)O)oc1C. The minimum Gasteiger partial charge on any atom is -0.475 e. The Kier molecular flexibility index (Phi) is 3.45. The minimum absolute atomic E-state index is 0.0173. The van der Waals surface area contributed by atoms with E-state index in [0.717, 1.165) is 24.9 Å². The highest BCUT2D eigenvalue weighted by Gasteiger charge is 2.20. The molecule has 4 heteroatoms. The minimum atomic E-state index is -1.01. The molecule has 0 bridgehead atoms.